The van der Waals surface area contributed by atoms with Gasteiger partial charge in [-0.2, -0.15) is 5.10 Å². The summed E-state index contributed by atoms with van der Waals surface area (Å²) in [6.45, 7) is 0.431. The number of nitrogens with zero attached hydrogens (tertiary/aromatic N) is 1. The molecule has 7 nitrogen and oxygen atoms in total. The molecule has 8 heteroatoms. The third kappa shape index (κ3) is 4.97. The highest BCUT2D eigenvalue weighted by Crippen LogP contribution is 2.31. The van der Waals surface area contributed by atoms with Crippen LogP contribution in [0.5, 0.6) is 5.75 Å². The molecule has 1 aromatic heterocycles. The van der Waals surface area contributed by atoms with Crippen molar-refractivity contribution in [2.24, 2.45) is 5.10 Å². The first-order valence-corrected chi connectivity index (χ1v) is 11.4. The first kappa shape index (κ1) is 22.2. The van der Waals surface area contributed by atoms with Gasteiger partial charge in [-0.3, -0.25) is 4.79 Å². The molecule has 1 aliphatic heterocycles. The average Bonchev–Trinajstić information content (AvgIpc) is 3.52. The molecule has 3 aromatic carbocycles. The van der Waals surface area contributed by atoms with E-state index >= 15 is 0 Å². The van der Waals surface area contributed by atoms with E-state index in [4.69, 9.17) is 16.3 Å². The Morgan fingerprint density at radius 3 is 2.74 bits per heavy atom. The largest absolute Gasteiger partial charge is 0.489 e. The first-order chi connectivity index (χ1) is 16.7. The van der Waals surface area contributed by atoms with Gasteiger partial charge in [0.25, 0.3) is 5.91 Å². The lowest BCUT2D eigenvalue weighted by Crippen LogP contribution is -2.41. The summed E-state index contributed by atoms with van der Waals surface area (Å²) in [4.78, 5) is 15.8. The number of H-pyrrole nitrogens is 1. The van der Waals surface area contributed by atoms with Gasteiger partial charge in [0, 0.05) is 33.2 Å². The van der Waals surface area contributed by atoms with Crippen molar-refractivity contribution >= 4 is 34.6 Å². The number of hydrogen-bond donors (Lipinski definition) is 4. The van der Waals surface area contributed by atoms with E-state index in [1.807, 2.05) is 79.0 Å². The van der Waals surface area contributed by atoms with Crippen molar-refractivity contribution in [3.8, 4) is 5.75 Å². The maximum absolute atomic E-state index is 12.7. The second kappa shape index (κ2) is 10.1. The molecule has 1 fully saturated rings. The molecule has 0 saturated carbocycles. The van der Waals surface area contributed by atoms with Crippen LogP contribution in [0, 0.1) is 0 Å². The normalized spacial score (nSPS) is 17.9. The number of ether oxygens (including phenoxy) is 1. The molecule has 1 amide bonds. The van der Waals surface area contributed by atoms with Gasteiger partial charge in [-0.05, 0) is 36.2 Å². The lowest BCUT2D eigenvalue weighted by molar-refractivity contribution is -0.122. The van der Waals surface area contributed by atoms with Gasteiger partial charge in [0.2, 0.25) is 0 Å². The number of carbonyl (C=O) groups is 1. The molecular formula is C26H24ClN5O2. The second-order valence-electron chi connectivity index (χ2n) is 8.11. The third-order valence-corrected chi connectivity index (χ3v) is 6.07. The molecule has 34 heavy (non-hydrogen) atoms. The summed E-state index contributed by atoms with van der Waals surface area (Å²) in [6.07, 6.45) is 4.08. The maximum Gasteiger partial charge on any atom is 0.258 e. The molecule has 1 aliphatic rings. The number of aromatic amines is 1. The fourth-order valence-corrected chi connectivity index (χ4v) is 4.14. The fraction of sp³-hybridized carbons (Fsp3) is 0.154. The minimum Gasteiger partial charge on any atom is -0.489 e. The van der Waals surface area contributed by atoms with Gasteiger partial charge in [-0.1, -0.05) is 60.1 Å². The van der Waals surface area contributed by atoms with Crippen LogP contribution in [0.4, 0.5) is 0 Å². The van der Waals surface area contributed by atoms with Crippen molar-refractivity contribution in [3.05, 3.63) is 101 Å². The predicted molar refractivity (Wildman–Crippen MR) is 134 cm³/mol. The SMILES string of the molecule is O=C(N/N=C/c1c[nH]c2ccccc12)C1CC(c2ccccc2OCc2ccc(Cl)cc2)NN1. The number of fused-ring (bicyclic) bond motifs is 1. The van der Waals surface area contributed by atoms with Gasteiger partial charge in [0.15, 0.2) is 0 Å². The molecular weight excluding hydrogens is 450 g/mol. The number of aromatic nitrogens is 1. The summed E-state index contributed by atoms with van der Waals surface area (Å²) < 4.78 is 6.07. The zero-order chi connectivity index (χ0) is 23.3. The molecule has 4 N–H and O–H groups in total. The molecule has 2 unspecified atom stereocenters. The van der Waals surface area contributed by atoms with Crippen molar-refractivity contribution in [3.63, 3.8) is 0 Å². The number of halogens is 1. The summed E-state index contributed by atoms with van der Waals surface area (Å²) in [5.74, 6) is 0.570. The van der Waals surface area contributed by atoms with E-state index in [1.54, 1.807) is 6.21 Å². The molecule has 2 heterocycles. The van der Waals surface area contributed by atoms with E-state index < -0.39 is 6.04 Å². The molecule has 5 rings (SSSR count). The summed E-state index contributed by atoms with van der Waals surface area (Å²) in [7, 11) is 0. The van der Waals surface area contributed by atoms with E-state index in [-0.39, 0.29) is 11.9 Å². The minimum absolute atomic E-state index is 0.0743. The van der Waals surface area contributed by atoms with Crippen LogP contribution in [-0.4, -0.2) is 23.1 Å². The topological polar surface area (TPSA) is 90.5 Å². The quantitative estimate of drug-likeness (QED) is 0.236. The zero-order valence-electron chi connectivity index (χ0n) is 18.3. The highest BCUT2D eigenvalue weighted by molar-refractivity contribution is 6.30. The Morgan fingerprint density at radius 2 is 1.85 bits per heavy atom. The van der Waals surface area contributed by atoms with E-state index in [9.17, 15) is 4.79 Å². The van der Waals surface area contributed by atoms with Crippen molar-refractivity contribution in [2.75, 3.05) is 0 Å². The Hall–Kier alpha value is -3.65. The Labute approximate surface area is 202 Å². The summed E-state index contributed by atoms with van der Waals surface area (Å²) in [5.41, 5.74) is 12.9. The van der Waals surface area contributed by atoms with Gasteiger partial charge in [0.05, 0.1) is 12.3 Å². The number of rotatable bonds is 7. The highest BCUT2D eigenvalue weighted by Gasteiger charge is 2.31. The number of hydrogen-bond acceptors (Lipinski definition) is 5. The Morgan fingerprint density at radius 1 is 1.06 bits per heavy atom. The highest BCUT2D eigenvalue weighted by atomic mass is 35.5. The van der Waals surface area contributed by atoms with Crippen LogP contribution in [0.2, 0.25) is 5.02 Å². The molecule has 0 spiro atoms. The molecule has 0 aliphatic carbocycles. The van der Waals surface area contributed by atoms with Gasteiger partial charge in [-0.15, -0.1) is 0 Å². The Bertz CT molecular complexity index is 1320. The smallest absolute Gasteiger partial charge is 0.258 e. The van der Waals surface area contributed by atoms with E-state index in [0.717, 1.165) is 33.3 Å². The van der Waals surface area contributed by atoms with Crippen LogP contribution in [-0.2, 0) is 11.4 Å². The standard InChI is InChI=1S/C26H24ClN5O2/c27-19-11-9-17(10-12-19)16-34-25-8-4-2-6-21(25)23-13-24(31-30-23)26(33)32-29-15-18-14-28-22-7-3-1-5-20(18)22/h1-12,14-15,23-24,28,30-31H,13,16H2,(H,32,33)/b29-15+. The van der Waals surface area contributed by atoms with Crippen molar-refractivity contribution in [1.82, 2.24) is 21.3 Å². The lowest BCUT2D eigenvalue weighted by atomic mass is 10.0. The molecule has 1 saturated heterocycles. The predicted octanol–water partition coefficient (Wildman–Crippen LogP) is 4.46. The van der Waals surface area contributed by atoms with Crippen LogP contribution < -0.4 is 21.0 Å². The number of carbonyl (C=O) groups excluding carboxylic acids is 1. The molecule has 4 aromatic rings. The van der Waals surface area contributed by atoms with Crippen molar-refractivity contribution in [2.45, 2.75) is 25.1 Å². The van der Waals surface area contributed by atoms with E-state index in [2.05, 4.69) is 26.4 Å². The van der Waals surface area contributed by atoms with Crippen LogP contribution >= 0.6 is 11.6 Å². The molecule has 2 atom stereocenters. The Kier molecular flexibility index (Phi) is 6.58. The van der Waals surface area contributed by atoms with Crippen molar-refractivity contribution in [1.29, 1.82) is 0 Å². The van der Waals surface area contributed by atoms with Gasteiger partial charge in [0.1, 0.15) is 18.4 Å². The van der Waals surface area contributed by atoms with E-state index in [1.165, 1.54) is 0 Å². The number of benzene rings is 3. The molecule has 172 valence electrons. The van der Waals surface area contributed by atoms with Gasteiger partial charge in [-0.25, -0.2) is 16.3 Å². The van der Waals surface area contributed by atoms with Crippen molar-refractivity contribution < 1.29 is 9.53 Å². The van der Waals surface area contributed by atoms with Gasteiger partial charge >= 0.3 is 0 Å². The summed E-state index contributed by atoms with van der Waals surface area (Å²) >= 11 is 5.96. The number of hydrazone groups is 1. The second-order valence-corrected chi connectivity index (χ2v) is 8.54. The Balaban J connectivity index is 1.19. The number of amides is 1. The van der Waals surface area contributed by atoms with Crippen LogP contribution in [0.3, 0.4) is 0 Å². The number of nitrogens with one attached hydrogen (secondary N) is 4. The molecule has 0 bridgehead atoms. The fourth-order valence-electron chi connectivity index (χ4n) is 4.02. The lowest BCUT2D eigenvalue weighted by Gasteiger charge is -2.16. The number of para-hydroxylation sites is 2. The number of hydrazine groups is 1. The van der Waals surface area contributed by atoms with Crippen LogP contribution in [0.25, 0.3) is 10.9 Å². The van der Waals surface area contributed by atoms with Crippen LogP contribution in [0.1, 0.15) is 29.2 Å². The average molecular weight is 474 g/mol. The van der Waals surface area contributed by atoms with E-state index in [0.29, 0.717) is 18.1 Å². The van der Waals surface area contributed by atoms with Crippen LogP contribution in [0.15, 0.2) is 84.1 Å². The zero-order valence-corrected chi connectivity index (χ0v) is 19.0. The summed E-state index contributed by atoms with van der Waals surface area (Å²) in [5, 5.41) is 5.89. The van der Waals surface area contributed by atoms with Gasteiger partial charge < -0.3 is 9.72 Å². The molecule has 0 radical (unpaired) electrons. The maximum atomic E-state index is 12.7. The third-order valence-electron chi connectivity index (χ3n) is 5.82. The first-order valence-electron chi connectivity index (χ1n) is 11.0. The minimum atomic E-state index is -0.422. The monoisotopic (exact) mass is 473 g/mol. The summed E-state index contributed by atoms with van der Waals surface area (Å²) in [6, 6.07) is 22.9.